The van der Waals surface area contributed by atoms with Crippen LogP contribution in [0.2, 0.25) is 0 Å². The van der Waals surface area contributed by atoms with Gasteiger partial charge in [0, 0.05) is 9.80 Å². The van der Waals surface area contributed by atoms with Crippen LogP contribution in [-0.4, -0.2) is 0 Å². The van der Waals surface area contributed by atoms with Crippen LogP contribution < -0.4 is 10.4 Å². The molecule has 4 aromatic rings. The van der Waals surface area contributed by atoms with Gasteiger partial charge >= 0.3 is 0 Å². The largest absolute Gasteiger partial charge is 0.294 e. The second-order valence-electron chi connectivity index (χ2n) is 11.5. The standard InChI is InChI=1S/C37H38N2S/c1-27-6-16-32(17-7-27)38-39(33-18-8-28(2)9-19-33)34-20-24-36(25-21-34)40-35-22-12-30(13-23-35)26-29-10-14-31(15-11-29)37(3,4)5/h6-12,14-26,38H,13H2,1-5H3. The minimum Gasteiger partial charge on any atom is -0.294 e. The van der Waals surface area contributed by atoms with Crippen molar-refractivity contribution in [1.82, 2.24) is 0 Å². The van der Waals surface area contributed by atoms with Crippen LogP contribution >= 0.6 is 11.8 Å². The highest BCUT2D eigenvalue weighted by Gasteiger charge is 2.13. The number of anilines is 3. The first-order valence-corrected chi connectivity index (χ1v) is 14.7. The molecule has 0 heterocycles. The van der Waals surface area contributed by atoms with Crippen LogP contribution in [0.3, 0.4) is 0 Å². The summed E-state index contributed by atoms with van der Waals surface area (Å²) in [7, 11) is 0. The molecular formula is C37H38N2S. The maximum atomic E-state index is 3.59. The minimum atomic E-state index is 0.181. The number of nitrogens with zero attached hydrogens (tertiary/aromatic N) is 1. The second-order valence-corrected chi connectivity index (χ2v) is 12.6. The molecule has 0 amide bonds. The molecule has 1 N–H and O–H groups in total. The molecule has 0 atom stereocenters. The van der Waals surface area contributed by atoms with Crippen LogP contribution in [0.5, 0.6) is 0 Å². The summed E-state index contributed by atoms with van der Waals surface area (Å²) in [6.45, 7) is 11.0. The normalized spacial score (nSPS) is 14.2. The lowest BCUT2D eigenvalue weighted by Gasteiger charge is -2.27. The molecule has 202 valence electrons. The van der Waals surface area contributed by atoms with Crippen molar-refractivity contribution in [2.24, 2.45) is 0 Å². The van der Waals surface area contributed by atoms with Crippen LogP contribution in [0.1, 0.15) is 49.4 Å². The number of allylic oxidation sites excluding steroid dienone is 4. The molecule has 2 nitrogen and oxygen atoms in total. The zero-order valence-corrected chi connectivity index (χ0v) is 24.9. The molecule has 1 aliphatic rings. The smallest absolute Gasteiger partial charge is 0.0631 e. The Balaban J connectivity index is 1.26. The second kappa shape index (κ2) is 12.1. The third kappa shape index (κ3) is 7.16. The van der Waals surface area contributed by atoms with Gasteiger partial charge in [-0.2, -0.15) is 0 Å². The predicted octanol–water partition coefficient (Wildman–Crippen LogP) is 10.8. The number of hydrazine groups is 1. The topological polar surface area (TPSA) is 15.3 Å². The van der Waals surface area contributed by atoms with Crippen LogP contribution in [0.15, 0.2) is 131 Å². The fourth-order valence-electron chi connectivity index (χ4n) is 4.55. The Bertz CT molecular complexity index is 1520. The summed E-state index contributed by atoms with van der Waals surface area (Å²) in [5.41, 5.74) is 13.5. The summed E-state index contributed by atoms with van der Waals surface area (Å²) in [5, 5.41) is 2.14. The molecular weight excluding hydrogens is 504 g/mol. The fraction of sp³-hybridized carbons (Fsp3) is 0.189. The van der Waals surface area contributed by atoms with E-state index in [0.717, 1.165) is 23.5 Å². The summed E-state index contributed by atoms with van der Waals surface area (Å²) >= 11 is 1.81. The summed E-state index contributed by atoms with van der Waals surface area (Å²) in [6, 6.07) is 34.8. The van der Waals surface area contributed by atoms with Crippen molar-refractivity contribution in [3.8, 4) is 0 Å². The highest BCUT2D eigenvalue weighted by atomic mass is 32.2. The number of hydrogen-bond acceptors (Lipinski definition) is 3. The average molecular weight is 543 g/mol. The van der Waals surface area contributed by atoms with Gasteiger partial charge in [-0.1, -0.05) is 110 Å². The molecule has 0 saturated carbocycles. The Morgan fingerprint density at radius 3 is 1.82 bits per heavy atom. The summed E-state index contributed by atoms with van der Waals surface area (Å²) < 4.78 is 0. The molecule has 0 aromatic heterocycles. The lowest BCUT2D eigenvalue weighted by Crippen LogP contribution is -2.24. The van der Waals surface area contributed by atoms with Gasteiger partial charge in [0.15, 0.2) is 0 Å². The third-order valence-electron chi connectivity index (χ3n) is 7.04. The van der Waals surface area contributed by atoms with Crippen molar-refractivity contribution < 1.29 is 0 Å². The lowest BCUT2D eigenvalue weighted by molar-refractivity contribution is 0.590. The first kappa shape index (κ1) is 27.6. The van der Waals surface area contributed by atoms with E-state index in [9.17, 15) is 0 Å². The van der Waals surface area contributed by atoms with Crippen molar-refractivity contribution in [2.75, 3.05) is 10.4 Å². The van der Waals surface area contributed by atoms with Crippen LogP contribution in [0, 0.1) is 13.8 Å². The summed E-state index contributed by atoms with van der Waals surface area (Å²) in [4.78, 5) is 2.50. The molecule has 0 aliphatic heterocycles. The van der Waals surface area contributed by atoms with Gasteiger partial charge in [-0.3, -0.25) is 10.4 Å². The number of benzene rings is 4. The SMILES string of the molecule is Cc1ccc(NN(c2ccc(C)cc2)c2ccc(SC3=CCC(=Cc4ccc(C(C)(C)C)cc4)C=C3)cc2)cc1. The van der Waals surface area contributed by atoms with Crippen molar-refractivity contribution in [1.29, 1.82) is 0 Å². The third-order valence-corrected chi connectivity index (χ3v) is 8.09. The minimum absolute atomic E-state index is 0.181. The van der Waals surface area contributed by atoms with Crippen LogP contribution in [0.4, 0.5) is 17.1 Å². The molecule has 0 bridgehead atoms. The molecule has 1 aliphatic carbocycles. The van der Waals surface area contributed by atoms with Crippen LogP contribution in [-0.2, 0) is 5.41 Å². The van der Waals surface area contributed by atoms with E-state index in [1.807, 2.05) is 11.8 Å². The molecule has 0 fully saturated rings. The Morgan fingerprint density at radius 1 is 0.700 bits per heavy atom. The van der Waals surface area contributed by atoms with Crippen molar-refractivity contribution >= 4 is 34.9 Å². The molecule has 0 saturated heterocycles. The van der Waals surface area contributed by atoms with Gasteiger partial charge in [0.05, 0.1) is 17.1 Å². The van der Waals surface area contributed by atoms with Gasteiger partial charge in [0.2, 0.25) is 0 Å². The van der Waals surface area contributed by atoms with E-state index in [4.69, 9.17) is 0 Å². The number of aryl methyl sites for hydroxylation is 2. The van der Waals surface area contributed by atoms with Crippen molar-refractivity contribution in [3.05, 3.63) is 148 Å². The zero-order chi connectivity index (χ0) is 28.1. The van der Waals surface area contributed by atoms with E-state index in [-0.39, 0.29) is 5.41 Å². The van der Waals surface area contributed by atoms with Gasteiger partial charge in [-0.25, -0.2) is 0 Å². The maximum absolute atomic E-state index is 3.59. The molecule has 40 heavy (non-hydrogen) atoms. The predicted molar refractivity (Wildman–Crippen MR) is 175 cm³/mol. The number of rotatable bonds is 7. The first-order chi connectivity index (χ1) is 19.2. The Kier molecular flexibility index (Phi) is 8.32. The highest BCUT2D eigenvalue weighted by Crippen LogP contribution is 2.34. The molecule has 0 spiro atoms. The maximum Gasteiger partial charge on any atom is 0.0631 e. The average Bonchev–Trinajstić information content (AvgIpc) is 2.95. The Morgan fingerprint density at radius 2 is 1.27 bits per heavy atom. The number of hydrogen-bond donors (Lipinski definition) is 1. The van der Waals surface area contributed by atoms with E-state index in [0.29, 0.717) is 0 Å². The van der Waals surface area contributed by atoms with Crippen LogP contribution in [0.25, 0.3) is 6.08 Å². The van der Waals surface area contributed by atoms with Crippen molar-refractivity contribution in [2.45, 2.75) is 51.3 Å². The fourth-order valence-corrected chi connectivity index (χ4v) is 5.40. The van der Waals surface area contributed by atoms with Gasteiger partial charge in [-0.05, 0) is 97.0 Å². The molecule has 4 aromatic carbocycles. The van der Waals surface area contributed by atoms with E-state index >= 15 is 0 Å². The number of nitrogens with one attached hydrogen (secondary N) is 1. The molecule has 5 rings (SSSR count). The number of thioether (sulfide) groups is 1. The Hall–Kier alpha value is -3.95. The monoisotopic (exact) mass is 542 g/mol. The lowest BCUT2D eigenvalue weighted by atomic mass is 9.86. The zero-order valence-electron chi connectivity index (χ0n) is 24.1. The summed E-state index contributed by atoms with van der Waals surface area (Å²) in [6.07, 6.45) is 10.0. The van der Waals surface area contributed by atoms with Gasteiger partial charge in [0.1, 0.15) is 0 Å². The van der Waals surface area contributed by atoms with Crippen molar-refractivity contribution in [3.63, 3.8) is 0 Å². The quantitative estimate of drug-likeness (QED) is 0.234. The highest BCUT2D eigenvalue weighted by molar-refractivity contribution is 8.03. The molecule has 3 heteroatoms. The molecule has 0 radical (unpaired) electrons. The van der Waals surface area contributed by atoms with E-state index in [2.05, 4.69) is 166 Å². The molecule has 0 unspecified atom stereocenters. The Labute approximate surface area is 244 Å². The van der Waals surface area contributed by atoms with E-state index < -0.39 is 0 Å². The van der Waals surface area contributed by atoms with Gasteiger partial charge in [-0.15, -0.1) is 0 Å². The van der Waals surface area contributed by atoms with Gasteiger partial charge < -0.3 is 0 Å². The van der Waals surface area contributed by atoms with Gasteiger partial charge in [0.25, 0.3) is 0 Å². The first-order valence-electron chi connectivity index (χ1n) is 13.9. The van der Waals surface area contributed by atoms with E-state index in [1.54, 1.807) is 0 Å². The summed E-state index contributed by atoms with van der Waals surface area (Å²) in [5.74, 6) is 0. The van der Waals surface area contributed by atoms with E-state index in [1.165, 1.54) is 37.6 Å².